The summed E-state index contributed by atoms with van der Waals surface area (Å²) in [7, 11) is 4.80. The van der Waals surface area contributed by atoms with E-state index >= 15 is 0 Å². The molecule has 0 aliphatic rings. The molecule has 0 atom stereocenters. The molecule has 1 aromatic carbocycles. The SMILES string of the molecule is COc1cc(OC)c(OC)cc1NC(C)(C)CN. The van der Waals surface area contributed by atoms with Crippen LogP contribution in [0.2, 0.25) is 0 Å². The fourth-order valence-corrected chi connectivity index (χ4v) is 1.54. The lowest BCUT2D eigenvalue weighted by Gasteiger charge is -2.27. The molecular formula is C13H22N2O3. The van der Waals surface area contributed by atoms with Crippen molar-refractivity contribution in [2.24, 2.45) is 5.73 Å². The van der Waals surface area contributed by atoms with Gasteiger partial charge in [-0.15, -0.1) is 0 Å². The largest absolute Gasteiger partial charge is 0.494 e. The second-order valence-corrected chi connectivity index (χ2v) is 4.62. The third-order valence-electron chi connectivity index (χ3n) is 2.69. The van der Waals surface area contributed by atoms with Gasteiger partial charge in [-0.3, -0.25) is 0 Å². The average molecular weight is 254 g/mol. The minimum atomic E-state index is -0.229. The minimum absolute atomic E-state index is 0.229. The van der Waals surface area contributed by atoms with Crippen LogP contribution in [-0.4, -0.2) is 33.4 Å². The summed E-state index contributed by atoms with van der Waals surface area (Å²) in [4.78, 5) is 0. The summed E-state index contributed by atoms with van der Waals surface area (Å²) >= 11 is 0. The van der Waals surface area contributed by atoms with Crippen LogP contribution in [0.4, 0.5) is 5.69 Å². The lowest BCUT2D eigenvalue weighted by atomic mass is 10.1. The van der Waals surface area contributed by atoms with Crippen LogP contribution in [0.3, 0.4) is 0 Å². The van der Waals surface area contributed by atoms with Crippen molar-refractivity contribution in [3.63, 3.8) is 0 Å². The quantitative estimate of drug-likeness (QED) is 0.811. The maximum absolute atomic E-state index is 5.71. The third-order valence-corrected chi connectivity index (χ3v) is 2.69. The molecule has 0 amide bonds. The Balaban J connectivity index is 3.17. The van der Waals surface area contributed by atoms with Gasteiger partial charge in [-0.2, -0.15) is 0 Å². The zero-order chi connectivity index (χ0) is 13.8. The number of ether oxygens (including phenoxy) is 3. The Bertz CT molecular complexity index is 405. The predicted octanol–water partition coefficient (Wildman–Crippen LogP) is 1.86. The molecule has 0 radical (unpaired) electrons. The highest BCUT2D eigenvalue weighted by Crippen LogP contribution is 2.38. The number of rotatable bonds is 6. The Hall–Kier alpha value is -1.62. The number of nitrogens with two attached hydrogens (primary N) is 1. The van der Waals surface area contributed by atoms with Crippen molar-refractivity contribution in [1.82, 2.24) is 0 Å². The summed E-state index contributed by atoms with van der Waals surface area (Å²) in [5.74, 6) is 1.97. The molecule has 102 valence electrons. The Morgan fingerprint density at radius 3 is 1.94 bits per heavy atom. The van der Waals surface area contributed by atoms with E-state index in [1.54, 1.807) is 27.4 Å². The van der Waals surface area contributed by atoms with Gasteiger partial charge in [0, 0.05) is 24.2 Å². The first-order valence-corrected chi connectivity index (χ1v) is 5.75. The van der Waals surface area contributed by atoms with E-state index in [1.807, 2.05) is 19.9 Å². The topological polar surface area (TPSA) is 65.7 Å². The van der Waals surface area contributed by atoms with Gasteiger partial charge >= 0.3 is 0 Å². The zero-order valence-electron chi connectivity index (χ0n) is 11.7. The van der Waals surface area contributed by atoms with Gasteiger partial charge in [0.15, 0.2) is 11.5 Å². The van der Waals surface area contributed by atoms with Crippen molar-refractivity contribution >= 4 is 5.69 Å². The molecular weight excluding hydrogens is 232 g/mol. The molecule has 0 heterocycles. The Labute approximate surface area is 108 Å². The Morgan fingerprint density at radius 2 is 1.50 bits per heavy atom. The van der Waals surface area contributed by atoms with Gasteiger partial charge in [0.1, 0.15) is 5.75 Å². The van der Waals surface area contributed by atoms with Gasteiger partial charge in [-0.05, 0) is 13.8 Å². The van der Waals surface area contributed by atoms with Crippen LogP contribution in [0.15, 0.2) is 12.1 Å². The number of anilines is 1. The molecule has 5 heteroatoms. The fraction of sp³-hybridized carbons (Fsp3) is 0.538. The maximum Gasteiger partial charge on any atom is 0.164 e. The van der Waals surface area contributed by atoms with Gasteiger partial charge in [-0.1, -0.05) is 0 Å². The molecule has 0 unspecified atom stereocenters. The minimum Gasteiger partial charge on any atom is -0.494 e. The molecule has 0 aromatic heterocycles. The number of nitrogens with one attached hydrogen (secondary N) is 1. The molecule has 0 saturated carbocycles. The molecule has 1 aromatic rings. The van der Waals surface area contributed by atoms with E-state index in [-0.39, 0.29) is 5.54 Å². The van der Waals surface area contributed by atoms with E-state index in [2.05, 4.69) is 5.32 Å². The van der Waals surface area contributed by atoms with E-state index in [1.165, 1.54) is 0 Å². The Morgan fingerprint density at radius 1 is 1.00 bits per heavy atom. The predicted molar refractivity (Wildman–Crippen MR) is 72.9 cm³/mol. The van der Waals surface area contributed by atoms with E-state index in [0.29, 0.717) is 23.8 Å². The molecule has 0 fully saturated rings. The number of benzene rings is 1. The van der Waals surface area contributed by atoms with Gasteiger partial charge in [-0.25, -0.2) is 0 Å². The summed E-state index contributed by atoms with van der Waals surface area (Å²) in [5, 5.41) is 3.33. The molecule has 5 nitrogen and oxygen atoms in total. The van der Waals surface area contributed by atoms with Crippen LogP contribution in [-0.2, 0) is 0 Å². The van der Waals surface area contributed by atoms with Gasteiger partial charge in [0.2, 0.25) is 0 Å². The first-order valence-electron chi connectivity index (χ1n) is 5.75. The number of hydrogen-bond donors (Lipinski definition) is 2. The maximum atomic E-state index is 5.71. The van der Waals surface area contributed by atoms with E-state index in [9.17, 15) is 0 Å². The summed E-state index contributed by atoms with van der Waals surface area (Å²) in [6.45, 7) is 4.54. The molecule has 3 N–H and O–H groups in total. The smallest absolute Gasteiger partial charge is 0.164 e. The zero-order valence-corrected chi connectivity index (χ0v) is 11.7. The lowest BCUT2D eigenvalue weighted by molar-refractivity contribution is 0.349. The highest BCUT2D eigenvalue weighted by Gasteiger charge is 2.19. The highest BCUT2D eigenvalue weighted by molar-refractivity contribution is 5.65. The fourth-order valence-electron chi connectivity index (χ4n) is 1.54. The van der Waals surface area contributed by atoms with Crippen molar-refractivity contribution in [1.29, 1.82) is 0 Å². The standard InChI is InChI=1S/C13H22N2O3/c1-13(2,8-14)15-9-6-11(17-4)12(18-5)7-10(9)16-3/h6-7,15H,8,14H2,1-5H3. The van der Waals surface area contributed by atoms with Crippen molar-refractivity contribution in [3.8, 4) is 17.2 Å². The molecule has 1 rings (SSSR count). The van der Waals surface area contributed by atoms with E-state index in [4.69, 9.17) is 19.9 Å². The van der Waals surface area contributed by atoms with Gasteiger partial charge < -0.3 is 25.3 Å². The molecule has 0 aliphatic heterocycles. The van der Waals surface area contributed by atoms with Crippen molar-refractivity contribution in [2.75, 3.05) is 33.2 Å². The van der Waals surface area contributed by atoms with Crippen LogP contribution < -0.4 is 25.3 Å². The van der Waals surface area contributed by atoms with Gasteiger partial charge in [0.25, 0.3) is 0 Å². The van der Waals surface area contributed by atoms with Crippen molar-refractivity contribution < 1.29 is 14.2 Å². The summed E-state index contributed by atoms with van der Waals surface area (Å²) in [5.41, 5.74) is 6.31. The average Bonchev–Trinajstić information content (AvgIpc) is 2.37. The molecule has 0 bridgehead atoms. The van der Waals surface area contributed by atoms with Crippen LogP contribution >= 0.6 is 0 Å². The van der Waals surface area contributed by atoms with E-state index in [0.717, 1.165) is 5.69 Å². The second-order valence-electron chi connectivity index (χ2n) is 4.62. The van der Waals surface area contributed by atoms with E-state index < -0.39 is 0 Å². The monoisotopic (exact) mass is 254 g/mol. The molecule has 0 spiro atoms. The van der Waals surface area contributed by atoms with Crippen LogP contribution in [0.5, 0.6) is 17.2 Å². The van der Waals surface area contributed by atoms with Gasteiger partial charge in [0.05, 0.1) is 27.0 Å². The summed E-state index contributed by atoms with van der Waals surface area (Å²) < 4.78 is 15.8. The molecule has 0 aliphatic carbocycles. The lowest BCUT2D eigenvalue weighted by Crippen LogP contribution is -2.39. The van der Waals surface area contributed by atoms with Crippen LogP contribution in [0.1, 0.15) is 13.8 Å². The van der Waals surface area contributed by atoms with Crippen molar-refractivity contribution in [3.05, 3.63) is 12.1 Å². The first kappa shape index (κ1) is 14.4. The summed E-state index contributed by atoms with van der Waals surface area (Å²) in [6.07, 6.45) is 0. The first-order chi connectivity index (χ1) is 8.47. The molecule has 0 saturated heterocycles. The van der Waals surface area contributed by atoms with Crippen LogP contribution in [0.25, 0.3) is 0 Å². The number of hydrogen-bond acceptors (Lipinski definition) is 5. The Kier molecular flexibility index (Phi) is 4.67. The number of methoxy groups -OCH3 is 3. The molecule has 18 heavy (non-hydrogen) atoms. The van der Waals surface area contributed by atoms with Crippen molar-refractivity contribution in [2.45, 2.75) is 19.4 Å². The second kappa shape index (κ2) is 5.82. The normalized spacial score (nSPS) is 11.0. The van der Waals surface area contributed by atoms with Crippen LogP contribution in [0, 0.1) is 0 Å². The third kappa shape index (κ3) is 3.20. The highest BCUT2D eigenvalue weighted by atomic mass is 16.5. The summed E-state index contributed by atoms with van der Waals surface area (Å²) in [6, 6.07) is 3.63.